The van der Waals surface area contributed by atoms with E-state index in [1.165, 1.54) is 0 Å². The van der Waals surface area contributed by atoms with Gasteiger partial charge in [0.05, 0.1) is 12.8 Å². The van der Waals surface area contributed by atoms with E-state index >= 15 is 0 Å². The predicted octanol–water partition coefficient (Wildman–Crippen LogP) is -10.4. The zero-order chi connectivity index (χ0) is 17.4. The Labute approximate surface area is 205 Å². The number of hydrogen-bond acceptors (Lipinski definition) is 8. The van der Waals surface area contributed by atoms with Crippen molar-refractivity contribution in [2.45, 2.75) is 18.4 Å². The average molecular weight is 406 g/mol. The first-order chi connectivity index (χ1) is 9.17. The van der Waals surface area contributed by atoms with E-state index in [9.17, 15) is 24.3 Å². The largest absolute Gasteiger partial charge is 1.00 e. The fourth-order valence-electron chi connectivity index (χ4n) is 0.836. The molecule has 0 fully saturated rings. The second-order valence-corrected chi connectivity index (χ2v) is 4.17. The van der Waals surface area contributed by atoms with E-state index in [-0.39, 0.29) is 93.0 Å². The molecule has 0 aromatic rings. The van der Waals surface area contributed by atoms with Gasteiger partial charge in [0.15, 0.2) is 5.60 Å². The number of carbonyl (C=O) groups excluding carboxylic acids is 1. The molecule has 0 aromatic carbocycles. The summed E-state index contributed by atoms with van der Waals surface area (Å²) in [5, 5.41) is 34.1. The molecule has 128 valence electrons. The van der Waals surface area contributed by atoms with Crippen LogP contribution in [0.4, 0.5) is 4.79 Å². The molecule has 0 aliphatic carbocycles. The van der Waals surface area contributed by atoms with Crippen LogP contribution in [0, 0.1) is 0 Å². The average Bonchev–Trinajstić information content (AvgIpc) is 2.10. The number of ether oxygens (including phenoxy) is 1. The minimum atomic E-state index is -4.67. The quantitative estimate of drug-likeness (QED) is 0.108. The maximum atomic E-state index is 10.7. The monoisotopic (exact) mass is 406 g/mol. The number of esters is 1. The Bertz CT molecular complexity index is 537. The van der Waals surface area contributed by atoms with Gasteiger partial charge in [0.25, 0.3) is 0 Å². The van der Waals surface area contributed by atoms with Crippen LogP contribution in [0.5, 0.6) is 0 Å². The smallest absolute Gasteiger partial charge is 1.00 e. The summed E-state index contributed by atoms with van der Waals surface area (Å²) in [6, 6.07) is 0. The van der Waals surface area contributed by atoms with E-state index < -0.39 is 52.9 Å². The first-order valence-electron chi connectivity index (χ1n) is 4.48. The summed E-state index contributed by atoms with van der Waals surface area (Å²) in [7, 11) is -4.67. The van der Waals surface area contributed by atoms with E-state index in [1.807, 2.05) is 0 Å². The number of hydrogen-bond donors (Lipinski definition) is 6. The molecule has 24 heavy (non-hydrogen) atoms. The molecular weight excluding hydrogens is 393 g/mol. The minimum absolute atomic E-state index is 0. The summed E-state index contributed by atoms with van der Waals surface area (Å²) in [5.74, 6) is -5.18. The third kappa shape index (κ3) is 25.0. The van der Waals surface area contributed by atoms with Crippen molar-refractivity contribution in [2.75, 3.05) is 0 Å². The molecule has 0 saturated heterocycles. The predicted molar refractivity (Wildman–Crippen MR) is 61.1 cm³/mol. The molecule has 1 atom stereocenters. The van der Waals surface area contributed by atoms with Gasteiger partial charge in [-0.3, -0.25) is 18.7 Å². The van der Waals surface area contributed by atoms with Crippen molar-refractivity contribution in [3.8, 4) is 0 Å². The second kappa shape index (κ2) is 15.9. The fraction of sp³-hybridized carbons (Fsp3) is 0.429. The van der Waals surface area contributed by atoms with Crippen LogP contribution in [0.1, 0.15) is 17.1 Å². The van der Waals surface area contributed by atoms with E-state index in [2.05, 4.69) is 4.74 Å². The molecule has 17 heteroatoms. The molecule has 0 aromatic heterocycles. The van der Waals surface area contributed by atoms with Crippen molar-refractivity contribution in [1.82, 2.24) is 0 Å². The molecule has 0 radical (unpaired) electrons. The van der Waals surface area contributed by atoms with E-state index in [0.717, 1.165) is 0 Å². The van der Waals surface area contributed by atoms with Crippen LogP contribution >= 0.6 is 0 Å². The van der Waals surface area contributed by atoms with Gasteiger partial charge in [-0.15, -0.1) is 0 Å². The minimum Gasteiger partial charge on any atom is -1.00 e. The summed E-state index contributed by atoms with van der Waals surface area (Å²) in [6.07, 6.45) is -4.51. The summed E-state index contributed by atoms with van der Waals surface area (Å²) < 4.78 is 35.1. The van der Waals surface area contributed by atoms with Gasteiger partial charge in [-0.1, -0.05) is 0 Å². The standard InChI is InChI=1S/C7H8O9.3Na.H2O4S.3H/c8-3(9)1-7(15,5(11)12)2-4(10)16-6(13)14;;;;1-5(2,3)4;;;/h15H,1-2H2,(H,8,9)(H,11,12)(H,13,14);;;;(H2,1,2,3,4);;;/q;3*+1;;3*-1. The van der Waals surface area contributed by atoms with Crippen molar-refractivity contribution in [3.63, 3.8) is 0 Å². The molecule has 0 aliphatic heterocycles. The van der Waals surface area contributed by atoms with Gasteiger partial charge in [-0.2, -0.15) is 8.42 Å². The Hall–Kier alpha value is 0.710. The van der Waals surface area contributed by atoms with Gasteiger partial charge >= 0.3 is 123 Å². The molecule has 6 N–H and O–H groups in total. The molecular formula is C7H13Na3O13S. The Morgan fingerprint density at radius 3 is 1.46 bits per heavy atom. The third-order valence-corrected chi connectivity index (χ3v) is 1.48. The Morgan fingerprint density at radius 2 is 1.25 bits per heavy atom. The molecule has 0 heterocycles. The van der Waals surface area contributed by atoms with E-state index in [1.54, 1.807) is 0 Å². The molecule has 0 rings (SSSR count). The van der Waals surface area contributed by atoms with Gasteiger partial charge in [0.2, 0.25) is 0 Å². The first-order valence-corrected chi connectivity index (χ1v) is 5.88. The second-order valence-electron chi connectivity index (χ2n) is 3.27. The molecule has 1 unspecified atom stereocenters. The number of carbonyl (C=O) groups is 4. The summed E-state index contributed by atoms with van der Waals surface area (Å²) in [6.45, 7) is 0. The summed E-state index contributed by atoms with van der Waals surface area (Å²) >= 11 is 0. The van der Waals surface area contributed by atoms with Gasteiger partial charge in [0.1, 0.15) is 0 Å². The zero-order valence-corrected chi connectivity index (χ0v) is 19.7. The van der Waals surface area contributed by atoms with Gasteiger partial charge < -0.3 is 29.4 Å². The molecule has 13 nitrogen and oxygen atoms in total. The summed E-state index contributed by atoms with van der Waals surface area (Å²) in [5.41, 5.74) is -2.89. The van der Waals surface area contributed by atoms with Crippen LogP contribution in [0.25, 0.3) is 0 Å². The van der Waals surface area contributed by atoms with Crippen molar-refractivity contribution in [1.29, 1.82) is 0 Å². The number of carboxylic acids is 2. The van der Waals surface area contributed by atoms with Crippen molar-refractivity contribution < 1.29 is 155 Å². The number of carboxylic acid groups (broad SMARTS) is 3. The van der Waals surface area contributed by atoms with Crippen LogP contribution in [0.15, 0.2) is 0 Å². The SMILES string of the molecule is O=C(O)CC(O)(CC(=O)OC(=O)O)C(=O)O.O=S(=O)(O)O.[H-].[H-].[H-].[Na+].[Na+].[Na+]. The zero-order valence-electron chi connectivity index (χ0n) is 15.9. The molecule has 0 bridgehead atoms. The van der Waals surface area contributed by atoms with Crippen molar-refractivity contribution >= 4 is 34.5 Å². The molecule has 0 amide bonds. The van der Waals surface area contributed by atoms with Crippen LogP contribution in [0.2, 0.25) is 0 Å². The van der Waals surface area contributed by atoms with Crippen LogP contribution < -0.4 is 88.7 Å². The summed E-state index contributed by atoms with van der Waals surface area (Å²) in [4.78, 5) is 41.4. The van der Waals surface area contributed by atoms with E-state index in [4.69, 9.17) is 32.8 Å². The van der Waals surface area contributed by atoms with Crippen molar-refractivity contribution in [2.24, 2.45) is 0 Å². The number of aliphatic hydroxyl groups is 1. The molecule has 0 saturated carbocycles. The number of aliphatic carboxylic acids is 2. The third-order valence-electron chi connectivity index (χ3n) is 1.48. The normalized spacial score (nSPS) is 11.5. The van der Waals surface area contributed by atoms with Crippen LogP contribution in [0.3, 0.4) is 0 Å². The number of rotatable bonds is 5. The fourth-order valence-corrected chi connectivity index (χ4v) is 0.836. The van der Waals surface area contributed by atoms with Crippen LogP contribution in [-0.4, -0.2) is 67.6 Å². The molecule has 0 aliphatic rings. The van der Waals surface area contributed by atoms with E-state index in [0.29, 0.717) is 0 Å². The molecule has 0 spiro atoms. The maximum Gasteiger partial charge on any atom is 1.00 e. The Balaban J connectivity index is -0.0000000489. The Morgan fingerprint density at radius 1 is 0.917 bits per heavy atom. The Kier molecular flexibility index (Phi) is 23.7. The topological polar surface area (TPSA) is 233 Å². The maximum absolute atomic E-state index is 10.7. The van der Waals surface area contributed by atoms with Gasteiger partial charge in [-0.05, 0) is 0 Å². The van der Waals surface area contributed by atoms with Gasteiger partial charge in [0, 0.05) is 0 Å². The van der Waals surface area contributed by atoms with Crippen LogP contribution in [-0.2, 0) is 29.5 Å². The van der Waals surface area contributed by atoms with Gasteiger partial charge in [-0.25, -0.2) is 9.59 Å². The van der Waals surface area contributed by atoms with Crippen molar-refractivity contribution in [3.05, 3.63) is 0 Å². The first kappa shape index (κ1) is 35.8.